The summed E-state index contributed by atoms with van der Waals surface area (Å²) >= 11 is 0. The van der Waals surface area contributed by atoms with E-state index >= 15 is 4.39 Å². The van der Waals surface area contributed by atoms with Crippen LogP contribution in [0.25, 0.3) is 22.2 Å². The second-order valence-electron chi connectivity index (χ2n) is 11.3. The maximum Gasteiger partial charge on any atom is 0.322 e. The third-order valence-electron chi connectivity index (χ3n) is 8.71. The highest BCUT2D eigenvalue weighted by atomic mass is 19.1. The van der Waals surface area contributed by atoms with Crippen molar-refractivity contribution in [1.29, 1.82) is 0 Å². The van der Waals surface area contributed by atoms with Gasteiger partial charge in [0.25, 0.3) is 0 Å². The number of aromatic nitrogens is 5. The number of halogens is 1. The number of carbonyl (C=O) groups excluding carboxylic acids is 1. The van der Waals surface area contributed by atoms with E-state index in [0.29, 0.717) is 28.0 Å². The summed E-state index contributed by atoms with van der Waals surface area (Å²) < 4.78 is 23.3. The summed E-state index contributed by atoms with van der Waals surface area (Å²) in [6, 6.07) is 6.72. The molecule has 4 aromatic rings. The van der Waals surface area contributed by atoms with Gasteiger partial charge in [0.05, 0.1) is 5.39 Å². The van der Waals surface area contributed by atoms with Gasteiger partial charge in [-0.1, -0.05) is 12.6 Å². The van der Waals surface area contributed by atoms with Crippen LogP contribution in [0.1, 0.15) is 56.8 Å². The Morgan fingerprint density at radius 2 is 1.85 bits per heavy atom. The number of hydrogen-bond donors (Lipinski definition) is 2. The van der Waals surface area contributed by atoms with E-state index in [1.54, 1.807) is 25.3 Å². The number of amides is 1. The molecule has 0 unspecified atom stereocenters. The number of benzene rings is 1. The second kappa shape index (κ2) is 9.39. The Kier molecular flexibility index (Phi) is 6.08. The second-order valence-corrected chi connectivity index (χ2v) is 11.3. The number of nitrogens with zero attached hydrogens (tertiary/aromatic N) is 5. The van der Waals surface area contributed by atoms with E-state index in [9.17, 15) is 4.79 Å². The molecular formula is C30H32FN7O2. The van der Waals surface area contributed by atoms with Gasteiger partial charge in [-0.05, 0) is 76.1 Å². The number of nitrogens with two attached hydrogens (primary N) is 1. The van der Waals surface area contributed by atoms with Gasteiger partial charge in [0.2, 0.25) is 5.91 Å². The summed E-state index contributed by atoms with van der Waals surface area (Å²) in [5.41, 5.74) is 10.6. The van der Waals surface area contributed by atoms with Gasteiger partial charge in [-0.2, -0.15) is 0 Å². The first-order chi connectivity index (χ1) is 19.1. The predicted molar refractivity (Wildman–Crippen MR) is 150 cm³/mol. The lowest BCUT2D eigenvalue weighted by Crippen LogP contribution is -2.58. The highest BCUT2D eigenvalue weighted by Crippen LogP contribution is 2.57. The molecule has 3 heterocycles. The fraction of sp³-hybridized carbons (Fsp3) is 0.367. The van der Waals surface area contributed by atoms with E-state index in [4.69, 9.17) is 10.5 Å². The van der Waals surface area contributed by atoms with Crippen LogP contribution in [-0.4, -0.2) is 35.9 Å². The van der Waals surface area contributed by atoms with Crippen LogP contribution >= 0.6 is 0 Å². The molecule has 3 aliphatic rings. The summed E-state index contributed by atoms with van der Waals surface area (Å²) in [5.74, 6) is -0.238. The minimum absolute atomic E-state index is 0.0342. The monoisotopic (exact) mass is 541 g/mol. The molecule has 1 amide bonds. The Morgan fingerprint density at radius 1 is 1.12 bits per heavy atom. The van der Waals surface area contributed by atoms with Crippen molar-refractivity contribution >= 4 is 22.8 Å². The first kappa shape index (κ1) is 25.9. The van der Waals surface area contributed by atoms with Crippen LogP contribution in [0, 0.1) is 12.7 Å². The number of aryl methyl sites for hydroxylation is 2. The molecule has 3 aliphatic carbocycles. The summed E-state index contributed by atoms with van der Waals surface area (Å²) in [6.07, 6.45) is 8.22. The maximum absolute atomic E-state index is 15.5. The quantitative estimate of drug-likeness (QED) is 0.319. The molecule has 3 aromatic heterocycles. The molecule has 9 nitrogen and oxygen atoms in total. The molecule has 7 rings (SSSR count). The van der Waals surface area contributed by atoms with Gasteiger partial charge < -0.3 is 20.4 Å². The standard InChI is InChI=1S/C30H32FN7O2/c1-17(2)27(39)37-30-11-8-29(9-12-30,10-13-30)24-22(23-25(32)34-16-35-26(23)38(24)4)19-5-6-21(20(31)15-19)40-28-33-14-7-18(3)36-28/h5-7,14-16H,1,8-13H2,2-4H3,(H,37,39)(H2,32,34,35). The summed E-state index contributed by atoms with van der Waals surface area (Å²) in [5, 5.41) is 3.97. The average molecular weight is 542 g/mol. The molecule has 0 saturated heterocycles. The van der Waals surface area contributed by atoms with Gasteiger partial charge in [-0.25, -0.2) is 24.3 Å². The predicted octanol–water partition coefficient (Wildman–Crippen LogP) is 5.28. The molecule has 40 heavy (non-hydrogen) atoms. The number of ether oxygens (including phenoxy) is 1. The zero-order valence-electron chi connectivity index (χ0n) is 22.9. The Balaban J connectivity index is 1.42. The molecule has 206 valence electrons. The molecule has 3 saturated carbocycles. The van der Waals surface area contributed by atoms with E-state index in [0.717, 1.165) is 55.5 Å². The summed E-state index contributed by atoms with van der Waals surface area (Å²) in [6.45, 7) is 7.35. The van der Waals surface area contributed by atoms with E-state index < -0.39 is 5.82 Å². The first-order valence-corrected chi connectivity index (χ1v) is 13.5. The van der Waals surface area contributed by atoms with E-state index in [2.05, 4.69) is 36.4 Å². The fourth-order valence-electron chi connectivity index (χ4n) is 6.57. The largest absolute Gasteiger partial charge is 0.421 e. The van der Waals surface area contributed by atoms with Crippen LogP contribution < -0.4 is 15.8 Å². The Hall–Kier alpha value is -4.34. The third kappa shape index (κ3) is 4.18. The Morgan fingerprint density at radius 3 is 2.50 bits per heavy atom. The molecular weight excluding hydrogens is 509 g/mol. The minimum Gasteiger partial charge on any atom is -0.421 e. The molecule has 0 spiro atoms. The zero-order valence-corrected chi connectivity index (χ0v) is 22.9. The van der Waals surface area contributed by atoms with Crippen molar-refractivity contribution in [1.82, 2.24) is 29.8 Å². The maximum atomic E-state index is 15.5. The lowest BCUT2D eigenvalue weighted by molar-refractivity contribution is -0.120. The third-order valence-corrected chi connectivity index (χ3v) is 8.71. The Bertz CT molecular complexity index is 1650. The van der Waals surface area contributed by atoms with Gasteiger partial charge in [0, 0.05) is 46.7 Å². The van der Waals surface area contributed by atoms with Crippen molar-refractivity contribution in [2.24, 2.45) is 7.05 Å². The van der Waals surface area contributed by atoms with Crippen LogP contribution in [0.2, 0.25) is 0 Å². The van der Waals surface area contributed by atoms with E-state index in [1.807, 2.05) is 20.0 Å². The van der Waals surface area contributed by atoms with Crippen molar-refractivity contribution < 1.29 is 13.9 Å². The first-order valence-electron chi connectivity index (χ1n) is 13.5. The van der Waals surface area contributed by atoms with E-state index in [1.165, 1.54) is 12.4 Å². The van der Waals surface area contributed by atoms with Gasteiger partial charge in [0.1, 0.15) is 17.8 Å². The molecule has 1 aromatic carbocycles. The highest BCUT2D eigenvalue weighted by molar-refractivity contribution is 6.03. The minimum atomic E-state index is -0.535. The molecule has 3 fully saturated rings. The fourth-order valence-corrected chi connectivity index (χ4v) is 6.57. The smallest absolute Gasteiger partial charge is 0.322 e. The number of nitrogen functional groups attached to an aromatic ring is 1. The molecule has 0 atom stereocenters. The van der Waals surface area contributed by atoms with Crippen LogP contribution in [0.15, 0.2) is 48.9 Å². The number of rotatable bonds is 6. The van der Waals surface area contributed by atoms with E-state index in [-0.39, 0.29) is 28.6 Å². The molecule has 0 aliphatic heterocycles. The molecule has 0 radical (unpaired) electrons. The lowest BCUT2D eigenvalue weighted by atomic mass is 9.55. The number of anilines is 1. The topological polar surface area (TPSA) is 121 Å². The molecule has 10 heteroatoms. The van der Waals surface area contributed by atoms with Gasteiger partial charge in [0.15, 0.2) is 11.6 Å². The molecule has 3 N–H and O–H groups in total. The normalized spacial score (nSPS) is 21.9. The van der Waals surface area contributed by atoms with Crippen molar-refractivity contribution in [3.05, 3.63) is 66.1 Å². The van der Waals surface area contributed by atoms with Crippen molar-refractivity contribution in [3.63, 3.8) is 0 Å². The highest BCUT2D eigenvalue weighted by Gasteiger charge is 2.52. The SMILES string of the molecule is C=C(C)C(=O)NC12CCC(c3c(-c4ccc(Oc5nccc(C)n5)c(F)c4)c4c(N)ncnc4n3C)(CC1)CC2. The van der Waals surface area contributed by atoms with Gasteiger partial charge in [-0.3, -0.25) is 4.79 Å². The number of hydrogen-bond acceptors (Lipinski definition) is 7. The number of carbonyl (C=O) groups is 1. The van der Waals surface area contributed by atoms with Crippen LogP contribution in [0.5, 0.6) is 11.8 Å². The number of fused-ring (bicyclic) bond motifs is 4. The summed E-state index contributed by atoms with van der Waals surface area (Å²) in [4.78, 5) is 29.6. The van der Waals surface area contributed by atoms with Crippen LogP contribution in [-0.2, 0) is 17.3 Å². The Labute approximate surface area is 231 Å². The summed E-state index contributed by atoms with van der Waals surface area (Å²) in [7, 11) is 1.99. The number of nitrogens with one attached hydrogen (secondary N) is 1. The van der Waals surface area contributed by atoms with Crippen LogP contribution in [0.3, 0.4) is 0 Å². The van der Waals surface area contributed by atoms with Crippen molar-refractivity contribution in [2.75, 3.05) is 5.73 Å². The van der Waals surface area contributed by atoms with Crippen LogP contribution in [0.4, 0.5) is 10.2 Å². The lowest BCUT2D eigenvalue weighted by Gasteiger charge is -2.54. The van der Waals surface area contributed by atoms with Crippen molar-refractivity contribution in [2.45, 2.75) is 63.3 Å². The van der Waals surface area contributed by atoms with Gasteiger partial charge >= 0.3 is 6.01 Å². The van der Waals surface area contributed by atoms with Gasteiger partial charge in [-0.15, -0.1) is 0 Å². The molecule has 2 bridgehead atoms. The average Bonchev–Trinajstić information content (AvgIpc) is 3.25. The van der Waals surface area contributed by atoms with Crippen molar-refractivity contribution in [3.8, 4) is 22.9 Å². The zero-order chi connectivity index (χ0) is 28.2.